The third-order valence-electron chi connectivity index (χ3n) is 10.3. The van der Waals surface area contributed by atoms with E-state index < -0.39 is 75.4 Å². The fourth-order valence-corrected chi connectivity index (χ4v) is 7.44. The summed E-state index contributed by atoms with van der Waals surface area (Å²) in [6, 6.07) is 16.3. The first-order valence-corrected chi connectivity index (χ1v) is 17.3. The third kappa shape index (κ3) is 7.10. The Kier molecular flexibility index (Phi) is 10.8. The van der Waals surface area contributed by atoms with Gasteiger partial charge >= 0.3 is 36.2 Å². The molecule has 0 aliphatic heterocycles. The van der Waals surface area contributed by atoms with Crippen LogP contribution in [0.15, 0.2) is 146 Å². The smallest absolute Gasteiger partial charge is 0.411 e. The Labute approximate surface area is 330 Å². The van der Waals surface area contributed by atoms with Crippen molar-refractivity contribution in [3.8, 4) is 23.0 Å². The lowest BCUT2D eigenvalue weighted by Crippen LogP contribution is -2.54. The van der Waals surface area contributed by atoms with E-state index in [0.29, 0.717) is 24.3 Å². The van der Waals surface area contributed by atoms with Crippen molar-refractivity contribution in [3.63, 3.8) is 0 Å². The van der Waals surface area contributed by atoms with Crippen LogP contribution in [0.25, 0.3) is 0 Å². The molecule has 0 fully saturated rings. The number of benzene rings is 4. The highest BCUT2D eigenvalue weighted by Crippen LogP contribution is 2.56. The number of alkyl halides is 6. The molecule has 10 nitrogen and oxygen atoms in total. The second kappa shape index (κ2) is 15.3. The molecule has 0 bridgehead atoms. The Hall–Kier alpha value is -7.10. The number of ether oxygens (including phenoxy) is 2. The Morgan fingerprint density at radius 2 is 0.746 bits per heavy atom. The van der Waals surface area contributed by atoms with E-state index in [9.17, 15) is 65.9 Å². The molecule has 0 amide bonds. The van der Waals surface area contributed by atoms with Gasteiger partial charge in [0.1, 0.15) is 33.8 Å². The predicted octanol–water partition coefficient (Wildman–Crippen LogP) is 8.98. The average molecular weight is 821 g/mol. The van der Waals surface area contributed by atoms with Crippen LogP contribution in [0.5, 0.6) is 23.0 Å². The van der Waals surface area contributed by atoms with Gasteiger partial charge in [0.2, 0.25) is 5.41 Å². The van der Waals surface area contributed by atoms with Gasteiger partial charge in [0.15, 0.2) is 0 Å². The quantitative estimate of drug-likeness (QED) is 0.101. The first kappa shape index (κ1) is 41.5. The lowest BCUT2D eigenvalue weighted by Gasteiger charge is -2.38. The van der Waals surface area contributed by atoms with Gasteiger partial charge in [0.25, 0.3) is 0 Å². The summed E-state index contributed by atoms with van der Waals surface area (Å²) in [4.78, 5) is 48.5. The largest absolute Gasteiger partial charge is 0.481 e. The summed E-state index contributed by atoms with van der Waals surface area (Å²) in [6.45, 7) is 0. The first-order chi connectivity index (χ1) is 27.8. The predicted molar refractivity (Wildman–Crippen MR) is 196 cm³/mol. The van der Waals surface area contributed by atoms with E-state index in [0.717, 1.165) is 24.3 Å². The van der Waals surface area contributed by atoms with Crippen molar-refractivity contribution in [2.45, 2.75) is 28.6 Å². The van der Waals surface area contributed by atoms with Gasteiger partial charge in [-0.15, -0.1) is 0 Å². The van der Waals surface area contributed by atoms with E-state index in [1.807, 2.05) is 0 Å². The summed E-state index contributed by atoms with van der Waals surface area (Å²) in [7, 11) is 0. The highest BCUT2D eigenvalue weighted by molar-refractivity contribution is 5.93. The minimum Gasteiger partial charge on any atom is -0.481 e. The zero-order chi connectivity index (χ0) is 43.0. The molecule has 0 saturated heterocycles. The van der Waals surface area contributed by atoms with Gasteiger partial charge < -0.3 is 29.9 Å². The first-order valence-electron chi connectivity index (χ1n) is 17.3. The van der Waals surface area contributed by atoms with Gasteiger partial charge in [0.05, 0.1) is 11.8 Å². The van der Waals surface area contributed by atoms with Crippen LogP contribution in [0.2, 0.25) is 0 Å². The zero-order valence-corrected chi connectivity index (χ0v) is 30.0. The molecular weight excluding hydrogens is 790 g/mol. The highest BCUT2D eigenvalue weighted by atomic mass is 19.4. The highest BCUT2D eigenvalue weighted by Gasteiger charge is 2.72. The number of aliphatic carboxylic acids is 4. The summed E-state index contributed by atoms with van der Waals surface area (Å²) >= 11 is 0. The molecule has 16 heteroatoms. The lowest BCUT2D eigenvalue weighted by molar-refractivity contribution is -0.288. The van der Waals surface area contributed by atoms with Crippen molar-refractivity contribution in [2.24, 2.45) is 11.8 Å². The third-order valence-corrected chi connectivity index (χ3v) is 10.3. The number of hydrogen-bond acceptors (Lipinski definition) is 6. The number of rotatable bonds is 12. The minimum atomic E-state index is -5.92. The molecule has 4 aromatic rings. The average Bonchev–Trinajstić information content (AvgIpc) is 3.18. The summed E-state index contributed by atoms with van der Waals surface area (Å²) in [6.07, 6.45) is -1.37. The number of allylic oxidation sites excluding steroid dienone is 4. The van der Waals surface area contributed by atoms with Crippen LogP contribution in [0.1, 0.15) is 22.3 Å². The normalized spacial score (nSPS) is 21.5. The van der Waals surface area contributed by atoms with Gasteiger partial charge in [-0.25, -0.2) is 0 Å². The molecule has 0 aromatic heterocycles. The Morgan fingerprint density at radius 3 is 1.00 bits per heavy atom. The van der Waals surface area contributed by atoms with Gasteiger partial charge in [0, 0.05) is 0 Å². The standard InChI is InChI=1S/C43H30F6O10/c44-42(45,46)41(43(47,48)49,27-11-19-31(20-12-27)58-29-15-7-25(8-16-29)39(37(54)55)23-3-1-5-33(39)35(50)51)28-13-21-32(22-14-28)59-30-17-9-26(10-18-30)40(38(56)57)24-4-2-6-34(40)36(52)53/h1-24,33-34H,(H,50,51)(H,52,53)(H,54,55)(H,56,57). The molecule has 0 radical (unpaired) electrons. The van der Waals surface area contributed by atoms with Crippen molar-refractivity contribution < 1.29 is 75.4 Å². The number of carboxylic acid groups (broad SMARTS) is 4. The number of hydrogen-bond donors (Lipinski definition) is 4. The second-order valence-electron chi connectivity index (χ2n) is 13.5. The molecule has 4 aromatic carbocycles. The van der Waals surface area contributed by atoms with E-state index in [1.54, 1.807) is 0 Å². The van der Waals surface area contributed by atoms with E-state index in [1.165, 1.54) is 97.1 Å². The van der Waals surface area contributed by atoms with E-state index in [2.05, 4.69) is 0 Å². The minimum absolute atomic E-state index is 0.0150. The number of carbonyl (C=O) groups is 4. The molecule has 4 unspecified atom stereocenters. The van der Waals surface area contributed by atoms with Gasteiger partial charge in [-0.1, -0.05) is 97.1 Å². The van der Waals surface area contributed by atoms with Crippen molar-refractivity contribution >= 4 is 23.9 Å². The van der Waals surface area contributed by atoms with Crippen LogP contribution < -0.4 is 9.47 Å². The molecule has 304 valence electrons. The fraction of sp³-hybridized carbons (Fsp3) is 0.163. The molecule has 0 heterocycles. The van der Waals surface area contributed by atoms with Crippen molar-refractivity contribution in [2.75, 3.05) is 0 Å². The van der Waals surface area contributed by atoms with Crippen LogP contribution in [0.4, 0.5) is 26.3 Å². The molecule has 0 spiro atoms. The molecule has 59 heavy (non-hydrogen) atoms. The number of carboxylic acids is 4. The van der Waals surface area contributed by atoms with Crippen molar-refractivity contribution in [3.05, 3.63) is 168 Å². The van der Waals surface area contributed by atoms with Crippen LogP contribution in [0, 0.1) is 11.8 Å². The lowest BCUT2D eigenvalue weighted by atomic mass is 9.68. The topological polar surface area (TPSA) is 168 Å². The summed E-state index contributed by atoms with van der Waals surface area (Å²) < 4.78 is 101. The summed E-state index contributed by atoms with van der Waals surface area (Å²) in [5.41, 5.74) is -10.7. The van der Waals surface area contributed by atoms with E-state index >= 15 is 0 Å². The van der Waals surface area contributed by atoms with Gasteiger partial charge in [-0.05, 0) is 70.8 Å². The SMILES string of the molecule is O=C(O)C1C=CC=CC1(C(=O)O)c1ccc(Oc2ccc(C(c3ccc(Oc4ccc(C5(C(=O)O)C=CC=CC5C(=O)O)cc4)cc3)(C(F)(F)F)C(F)(F)F)cc2)cc1. The maximum Gasteiger partial charge on any atom is 0.411 e. The molecule has 4 N–H and O–H groups in total. The van der Waals surface area contributed by atoms with Gasteiger partial charge in [-0.3, -0.25) is 19.2 Å². The summed E-state index contributed by atoms with van der Waals surface area (Å²) in [5, 5.41) is 39.4. The second-order valence-corrected chi connectivity index (χ2v) is 13.5. The molecule has 2 aliphatic carbocycles. The fourth-order valence-electron chi connectivity index (χ4n) is 7.44. The zero-order valence-electron chi connectivity index (χ0n) is 30.0. The molecule has 0 saturated carbocycles. The Morgan fingerprint density at radius 1 is 0.458 bits per heavy atom. The van der Waals surface area contributed by atoms with Crippen LogP contribution in [0.3, 0.4) is 0 Å². The van der Waals surface area contributed by atoms with Crippen LogP contribution in [-0.2, 0) is 35.4 Å². The number of halogens is 6. The van der Waals surface area contributed by atoms with Gasteiger partial charge in [-0.2, -0.15) is 26.3 Å². The van der Waals surface area contributed by atoms with Crippen molar-refractivity contribution in [1.29, 1.82) is 0 Å². The maximum atomic E-state index is 14.9. The summed E-state index contributed by atoms with van der Waals surface area (Å²) in [5.74, 6) is -8.90. The maximum absolute atomic E-state index is 14.9. The van der Waals surface area contributed by atoms with E-state index in [4.69, 9.17) is 9.47 Å². The molecular formula is C43H30F6O10. The van der Waals surface area contributed by atoms with Crippen LogP contribution in [-0.4, -0.2) is 56.7 Å². The van der Waals surface area contributed by atoms with E-state index in [-0.39, 0.29) is 34.1 Å². The Balaban J connectivity index is 1.25. The van der Waals surface area contributed by atoms with Crippen molar-refractivity contribution in [1.82, 2.24) is 0 Å². The Bertz CT molecular complexity index is 2210. The monoisotopic (exact) mass is 820 g/mol. The molecule has 4 atom stereocenters. The van der Waals surface area contributed by atoms with Crippen LogP contribution >= 0.6 is 0 Å². The molecule has 6 rings (SSSR count). The molecule has 2 aliphatic rings.